The molecule has 192 valence electrons. The maximum atomic E-state index is 13.3. The highest BCUT2D eigenvalue weighted by Gasteiger charge is 2.52. The van der Waals surface area contributed by atoms with Crippen LogP contribution in [0.3, 0.4) is 0 Å². The van der Waals surface area contributed by atoms with Crippen molar-refractivity contribution in [3.05, 3.63) is 54.4 Å². The van der Waals surface area contributed by atoms with E-state index in [2.05, 4.69) is 10.2 Å². The van der Waals surface area contributed by atoms with Gasteiger partial charge in [0.25, 0.3) is 11.8 Å². The number of hydrogen-bond donors (Lipinski definition) is 2. The van der Waals surface area contributed by atoms with Gasteiger partial charge < -0.3 is 18.6 Å². The van der Waals surface area contributed by atoms with Gasteiger partial charge >= 0.3 is 0 Å². The van der Waals surface area contributed by atoms with Gasteiger partial charge in [-0.1, -0.05) is 12.1 Å². The standard InChI is InChI=1S/C24H27N3O8S/c1-32-20-6-3-2-5-19(20)22-26-25-21(35-22)7-4-14-34-17-8-10-18(11-9-17)36(30,31)24(23(28)27-29)12-15-33-16-13-24/h2-3,5-6,8-11,29H,4,7,12-16H2,1H3,(H,27,28). The lowest BCUT2D eigenvalue weighted by atomic mass is 9.98. The lowest BCUT2D eigenvalue weighted by molar-refractivity contribution is -0.134. The Balaban J connectivity index is 1.34. The zero-order valence-electron chi connectivity index (χ0n) is 19.7. The smallest absolute Gasteiger partial charge is 0.265 e. The number of aromatic nitrogens is 2. The average molecular weight is 518 g/mol. The molecule has 0 radical (unpaired) electrons. The van der Waals surface area contributed by atoms with Crippen molar-refractivity contribution in [2.45, 2.75) is 35.3 Å². The van der Waals surface area contributed by atoms with Crippen LogP contribution >= 0.6 is 0 Å². The second-order valence-electron chi connectivity index (χ2n) is 8.18. The lowest BCUT2D eigenvalue weighted by Gasteiger charge is -2.34. The molecule has 0 saturated carbocycles. The van der Waals surface area contributed by atoms with Gasteiger partial charge in [0.05, 0.1) is 24.2 Å². The van der Waals surface area contributed by atoms with E-state index in [0.717, 1.165) is 0 Å². The van der Waals surface area contributed by atoms with E-state index in [1.807, 2.05) is 24.3 Å². The fraction of sp³-hybridized carbons (Fsp3) is 0.375. The molecule has 2 aromatic carbocycles. The predicted octanol–water partition coefficient (Wildman–Crippen LogP) is 2.59. The van der Waals surface area contributed by atoms with E-state index < -0.39 is 20.5 Å². The Bertz CT molecular complexity index is 1280. The number of carbonyl (C=O) groups is 1. The number of benzene rings is 2. The van der Waals surface area contributed by atoms with Gasteiger partial charge in [0.15, 0.2) is 14.6 Å². The molecule has 2 heterocycles. The second-order valence-corrected chi connectivity index (χ2v) is 10.4. The molecule has 1 amide bonds. The van der Waals surface area contributed by atoms with Crippen LogP contribution in [-0.2, 0) is 25.8 Å². The van der Waals surface area contributed by atoms with Gasteiger partial charge in [-0.05, 0) is 55.7 Å². The minimum atomic E-state index is -4.08. The number of nitrogens with zero attached hydrogens (tertiary/aromatic N) is 2. The third kappa shape index (κ3) is 5.06. The van der Waals surface area contributed by atoms with E-state index >= 15 is 0 Å². The summed E-state index contributed by atoms with van der Waals surface area (Å²) in [6.07, 6.45) is 0.992. The number of carbonyl (C=O) groups excluding carboxylic acids is 1. The highest BCUT2D eigenvalue weighted by Crippen LogP contribution is 2.36. The van der Waals surface area contributed by atoms with Gasteiger partial charge in [-0.3, -0.25) is 10.0 Å². The summed E-state index contributed by atoms with van der Waals surface area (Å²) in [5.41, 5.74) is 2.22. The number of aryl methyl sites for hydroxylation is 1. The number of para-hydroxylation sites is 1. The minimum Gasteiger partial charge on any atom is -0.496 e. The maximum Gasteiger partial charge on any atom is 0.265 e. The molecule has 2 N–H and O–H groups in total. The van der Waals surface area contributed by atoms with Crippen LogP contribution in [0.1, 0.15) is 25.2 Å². The van der Waals surface area contributed by atoms with Crippen LogP contribution < -0.4 is 15.0 Å². The van der Waals surface area contributed by atoms with Crippen molar-refractivity contribution < 1.29 is 37.0 Å². The van der Waals surface area contributed by atoms with Crippen molar-refractivity contribution in [2.75, 3.05) is 26.9 Å². The molecule has 1 saturated heterocycles. The van der Waals surface area contributed by atoms with Gasteiger partial charge in [-0.15, -0.1) is 10.2 Å². The topological polar surface area (TPSA) is 150 Å². The summed E-state index contributed by atoms with van der Waals surface area (Å²) in [7, 11) is -2.51. The normalized spacial score (nSPS) is 15.3. The molecule has 0 unspecified atom stereocenters. The Labute approximate surface area is 208 Å². The lowest BCUT2D eigenvalue weighted by Crippen LogP contribution is -2.54. The first-order valence-corrected chi connectivity index (χ1v) is 12.8. The van der Waals surface area contributed by atoms with Crippen molar-refractivity contribution in [3.8, 4) is 23.0 Å². The quantitative estimate of drug-likeness (QED) is 0.233. The van der Waals surface area contributed by atoms with Gasteiger partial charge in [0, 0.05) is 19.6 Å². The molecule has 1 aliphatic heterocycles. The van der Waals surface area contributed by atoms with Gasteiger partial charge in [0.1, 0.15) is 11.5 Å². The van der Waals surface area contributed by atoms with Crippen LogP contribution in [0.15, 0.2) is 57.8 Å². The second kappa shape index (κ2) is 11.1. The van der Waals surface area contributed by atoms with E-state index in [-0.39, 0.29) is 31.0 Å². The largest absolute Gasteiger partial charge is 0.496 e. The highest BCUT2D eigenvalue weighted by molar-refractivity contribution is 7.93. The monoisotopic (exact) mass is 517 g/mol. The molecule has 36 heavy (non-hydrogen) atoms. The molecule has 4 rings (SSSR count). The molecular formula is C24H27N3O8S. The van der Waals surface area contributed by atoms with E-state index in [0.29, 0.717) is 48.3 Å². The Kier molecular flexibility index (Phi) is 7.87. The van der Waals surface area contributed by atoms with E-state index in [4.69, 9.17) is 23.8 Å². The molecule has 1 aliphatic rings. The van der Waals surface area contributed by atoms with E-state index in [9.17, 15) is 13.2 Å². The number of nitrogens with one attached hydrogen (secondary N) is 1. The van der Waals surface area contributed by atoms with Crippen LogP contribution in [-0.4, -0.2) is 61.4 Å². The average Bonchev–Trinajstić information content (AvgIpc) is 3.40. The van der Waals surface area contributed by atoms with Crippen molar-refractivity contribution in [3.63, 3.8) is 0 Å². The molecule has 12 heteroatoms. The molecule has 11 nitrogen and oxygen atoms in total. The summed E-state index contributed by atoms with van der Waals surface area (Å²) in [6.45, 7) is 0.551. The Morgan fingerprint density at radius 2 is 1.83 bits per heavy atom. The predicted molar refractivity (Wildman–Crippen MR) is 126 cm³/mol. The Morgan fingerprint density at radius 1 is 1.11 bits per heavy atom. The number of rotatable bonds is 10. The zero-order chi connectivity index (χ0) is 25.6. The molecule has 1 fully saturated rings. The maximum absolute atomic E-state index is 13.3. The van der Waals surface area contributed by atoms with Crippen LogP contribution in [0.5, 0.6) is 11.5 Å². The number of ether oxygens (including phenoxy) is 3. The van der Waals surface area contributed by atoms with Gasteiger partial charge in [-0.25, -0.2) is 13.9 Å². The third-order valence-corrected chi connectivity index (χ3v) is 8.59. The molecule has 0 bridgehead atoms. The SMILES string of the molecule is COc1ccccc1-c1nnc(CCCOc2ccc(S(=O)(=O)C3(C(=O)NO)CCOCC3)cc2)o1. The van der Waals surface area contributed by atoms with Crippen LogP contribution in [0.4, 0.5) is 0 Å². The third-order valence-electron chi connectivity index (χ3n) is 6.07. The highest BCUT2D eigenvalue weighted by atomic mass is 32.2. The number of hydroxylamine groups is 1. The van der Waals surface area contributed by atoms with Crippen molar-refractivity contribution in [1.29, 1.82) is 0 Å². The summed E-state index contributed by atoms with van der Waals surface area (Å²) in [5, 5.41) is 17.3. The fourth-order valence-corrected chi connectivity index (χ4v) is 6.00. The van der Waals surface area contributed by atoms with Gasteiger partial charge in [-0.2, -0.15) is 0 Å². The van der Waals surface area contributed by atoms with E-state index in [1.165, 1.54) is 29.7 Å². The molecule has 1 aromatic heterocycles. The first-order chi connectivity index (χ1) is 17.4. The molecule has 3 aromatic rings. The van der Waals surface area contributed by atoms with Crippen LogP contribution in [0.25, 0.3) is 11.5 Å². The zero-order valence-corrected chi connectivity index (χ0v) is 20.5. The van der Waals surface area contributed by atoms with Crippen molar-refractivity contribution >= 4 is 15.7 Å². The molecule has 0 spiro atoms. The molecular weight excluding hydrogens is 490 g/mol. The first kappa shape index (κ1) is 25.6. The summed E-state index contributed by atoms with van der Waals surface area (Å²) in [4.78, 5) is 12.3. The van der Waals surface area contributed by atoms with Crippen LogP contribution in [0, 0.1) is 0 Å². The Hall–Kier alpha value is -3.48. The molecule has 0 aliphatic carbocycles. The summed E-state index contributed by atoms with van der Waals surface area (Å²) < 4.78 is 46.8. The summed E-state index contributed by atoms with van der Waals surface area (Å²) >= 11 is 0. The van der Waals surface area contributed by atoms with E-state index in [1.54, 1.807) is 7.11 Å². The van der Waals surface area contributed by atoms with Crippen molar-refractivity contribution in [1.82, 2.24) is 15.7 Å². The number of amides is 1. The minimum absolute atomic E-state index is 0.0323. The number of sulfone groups is 1. The summed E-state index contributed by atoms with van der Waals surface area (Å²) in [5.74, 6) is 0.992. The fourth-order valence-electron chi connectivity index (χ4n) is 4.06. The molecule has 0 atom stereocenters. The van der Waals surface area contributed by atoms with Gasteiger partial charge in [0.2, 0.25) is 5.89 Å². The first-order valence-electron chi connectivity index (χ1n) is 11.4. The van der Waals surface area contributed by atoms with Crippen molar-refractivity contribution in [2.24, 2.45) is 0 Å². The van der Waals surface area contributed by atoms with Crippen LogP contribution in [0.2, 0.25) is 0 Å². The summed E-state index contributed by atoms with van der Waals surface area (Å²) in [6, 6.07) is 13.2. The number of hydrogen-bond acceptors (Lipinski definition) is 10. The Morgan fingerprint density at radius 3 is 2.53 bits per heavy atom. The number of methoxy groups -OCH3 is 1.